The minimum absolute atomic E-state index is 0.0930. The number of hydrogen-bond acceptors (Lipinski definition) is 1. The second kappa shape index (κ2) is 5.00. The van der Waals surface area contributed by atoms with E-state index in [4.69, 9.17) is 4.98 Å². The fourth-order valence-electron chi connectivity index (χ4n) is 2.80. The van der Waals surface area contributed by atoms with Crippen LogP contribution < -0.4 is 0 Å². The summed E-state index contributed by atoms with van der Waals surface area (Å²) in [5.41, 5.74) is 6.00. The molecule has 0 amide bonds. The van der Waals surface area contributed by atoms with Gasteiger partial charge in [0, 0.05) is 10.9 Å². The molecule has 0 radical (unpaired) electrons. The molecule has 0 spiro atoms. The Bertz CT molecular complexity index is 780. The summed E-state index contributed by atoms with van der Waals surface area (Å²) in [5.74, 6) is 0. The third-order valence-corrected chi connectivity index (χ3v) is 3.89. The van der Waals surface area contributed by atoms with Gasteiger partial charge in [-0.25, -0.2) is 4.98 Å². The normalized spacial score (nSPS) is 11.8. The first-order chi connectivity index (χ1) is 9.97. The number of benzene rings is 2. The van der Waals surface area contributed by atoms with Gasteiger partial charge in [-0.1, -0.05) is 69.3 Å². The molecule has 0 aliphatic rings. The number of nitrogens with zero attached hydrogens (tertiary/aromatic N) is 1. The summed E-state index contributed by atoms with van der Waals surface area (Å²) in [5, 5.41) is 1.22. The minimum atomic E-state index is 0.0930. The molecule has 2 aromatic carbocycles. The van der Waals surface area contributed by atoms with Crippen molar-refractivity contribution in [2.24, 2.45) is 0 Å². The van der Waals surface area contributed by atoms with E-state index in [1.165, 1.54) is 22.1 Å². The third kappa shape index (κ3) is 2.56. The Morgan fingerprint density at radius 1 is 0.857 bits per heavy atom. The number of fused-ring (bicyclic) bond motifs is 1. The van der Waals surface area contributed by atoms with Crippen LogP contribution in [0.3, 0.4) is 0 Å². The van der Waals surface area contributed by atoms with Crippen molar-refractivity contribution in [3.05, 3.63) is 65.7 Å². The van der Waals surface area contributed by atoms with Crippen LogP contribution in [0.2, 0.25) is 0 Å². The van der Waals surface area contributed by atoms with E-state index >= 15 is 0 Å². The molecule has 3 aromatic rings. The molecular formula is C20H21N. The van der Waals surface area contributed by atoms with Crippen molar-refractivity contribution in [1.29, 1.82) is 0 Å². The summed E-state index contributed by atoms with van der Waals surface area (Å²) in [4.78, 5) is 5.01. The Morgan fingerprint density at radius 2 is 1.57 bits per heavy atom. The smallest absolute Gasteiger partial charge is 0.0747 e. The number of para-hydroxylation sites is 1. The summed E-state index contributed by atoms with van der Waals surface area (Å²) in [6.07, 6.45) is 0. The lowest BCUT2D eigenvalue weighted by atomic mass is 9.85. The van der Waals surface area contributed by atoms with E-state index in [1.54, 1.807) is 0 Å². The molecule has 0 saturated carbocycles. The van der Waals surface area contributed by atoms with E-state index < -0.39 is 0 Å². The zero-order chi connectivity index (χ0) is 15.0. The van der Waals surface area contributed by atoms with Gasteiger partial charge in [-0.05, 0) is 29.5 Å². The zero-order valence-corrected chi connectivity index (χ0v) is 13.1. The standard InChI is InChI=1S/C20H21N/c1-14-13-16-11-8-12-17(20(2,3)4)19(16)21-18(14)15-9-6-5-7-10-15/h5-13H,1-4H3. The average Bonchev–Trinajstić information content (AvgIpc) is 2.45. The van der Waals surface area contributed by atoms with Gasteiger partial charge in [0.2, 0.25) is 0 Å². The summed E-state index contributed by atoms with van der Waals surface area (Å²) in [6, 6.07) is 19.2. The Labute approximate surface area is 126 Å². The van der Waals surface area contributed by atoms with Crippen LogP contribution in [0.1, 0.15) is 31.9 Å². The highest BCUT2D eigenvalue weighted by molar-refractivity contribution is 5.86. The van der Waals surface area contributed by atoms with Gasteiger partial charge in [0.15, 0.2) is 0 Å². The SMILES string of the molecule is Cc1cc2cccc(C(C)(C)C)c2nc1-c1ccccc1. The fraction of sp³-hybridized carbons (Fsp3) is 0.250. The fourth-order valence-corrected chi connectivity index (χ4v) is 2.80. The highest BCUT2D eigenvalue weighted by Crippen LogP contribution is 2.32. The van der Waals surface area contributed by atoms with Crippen molar-refractivity contribution >= 4 is 10.9 Å². The van der Waals surface area contributed by atoms with Crippen molar-refractivity contribution in [2.75, 3.05) is 0 Å². The Morgan fingerprint density at radius 3 is 2.24 bits per heavy atom. The van der Waals surface area contributed by atoms with E-state index in [2.05, 4.69) is 76.2 Å². The van der Waals surface area contributed by atoms with Gasteiger partial charge >= 0.3 is 0 Å². The second-order valence-electron chi connectivity index (χ2n) is 6.65. The lowest BCUT2D eigenvalue weighted by molar-refractivity contribution is 0.594. The number of hydrogen-bond donors (Lipinski definition) is 0. The maximum absolute atomic E-state index is 5.01. The molecule has 3 rings (SSSR count). The molecule has 0 fully saturated rings. The quantitative estimate of drug-likeness (QED) is 0.571. The molecule has 1 heterocycles. The van der Waals surface area contributed by atoms with E-state index in [0.717, 1.165) is 11.2 Å². The second-order valence-corrected chi connectivity index (χ2v) is 6.65. The van der Waals surface area contributed by atoms with Gasteiger partial charge in [-0.15, -0.1) is 0 Å². The molecule has 1 heteroatoms. The third-order valence-electron chi connectivity index (χ3n) is 3.89. The summed E-state index contributed by atoms with van der Waals surface area (Å²) in [6.45, 7) is 8.86. The Hall–Kier alpha value is -2.15. The van der Waals surface area contributed by atoms with E-state index in [1.807, 2.05) is 6.07 Å². The number of aryl methyl sites for hydroxylation is 1. The van der Waals surface area contributed by atoms with E-state index in [-0.39, 0.29) is 5.41 Å². The molecule has 0 unspecified atom stereocenters. The molecule has 0 saturated heterocycles. The highest BCUT2D eigenvalue weighted by Gasteiger charge is 2.18. The molecular weight excluding hydrogens is 254 g/mol. The first-order valence-electron chi connectivity index (χ1n) is 7.43. The van der Waals surface area contributed by atoms with Crippen molar-refractivity contribution in [1.82, 2.24) is 4.98 Å². The van der Waals surface area contributed by atoms with Crippen LogP contribution in [-0.4, -0.2) is 4.98 Å². The first-order valence-corrected chi connectivity index (χ1v) is 7.43. The predicted octanol–water partition coefficient (Wildman–Crippen LogP) is 5.51. The molecule has 106 valence electrons. The minimum Gasteiger partial charge on any atom is -0.247 e. The van der Waals surface area contributed by atoms with Crippen LogP contribution in [-0.2, 0) is 5.41 Å². The average molecular weight is 275 g/mol. The van der Waals surface area contributed by atoms with Crippen molar-refractivity contribution in [3.63, 3.8) is 0 Å². The predicted molar refractivity (Wildman–Crippen MR) is 90.6 cm³/mol. The summed E-state index contributed by atoms with van der Waals surface area (Å²) >= 11 is 0. The first kappa shape index (κ1) is 13.8. The highest BCUT2D eigenvalue weighted by atomic mass is 14.7. The molecule has 1 nitrogen and oxygen atoms in total. The van der Waals surface area contributed by atoms with Gasteiger partial charge in [0.05, 0.1) is 11.2 Å². The molecule has 0 N–H and O–H groups in total. The number of rotatable bonds is 1. The molecule has 1 aromatic heterocycles. The van der Waals surface area contributed by atoms with Gasteiger partial charge in [-0.3, -0.25) is 0 Å². The van der Waals surface area contributed by atoms with Crippen molar-refractivity contribution in [3.8, 4) is 11.3 Å². The molecule has 0 atom stereocenters. The van der Waals surface area contributed by atoms with Gasteiger partial charge in [-0.2, -0.15) is 0 Å². The van der Waals surface area contributed by atoms with Gasteiger partial charge in [0.1, 0.15) is 0 Å². The van der Waals surface area contributed by atoms with Crippen molar-refractivity contribution in [2.45, 2.75) is 33.1 Å². The monoisotopic (exact) mass is 275 g/mol. The number of pyridine rings is 1. The van der Waals surface area contributed by atoms with Crippen LogP contribution in [0, 0.1) is 6.92 Å². The Kier molecular flexibility index (Phi) is 3.29. The van der Waals surface area contributed by atoms with Crippen molar-refractivity contribution < 1.29 is 0 Å². The topological polar surface area (TPSA) is 12.9 Å². The van der Waals surface area contributed by atoms with Crippen LogP contribution in [0.15, 0.2) is 54.6 Å². The van der Waals surface area contributed by atoms with Gasteiger partial charge in [0.25, 0.3) is 0 Å². The van der Waals surface area contributed by atoms with Crippen LogP contribution in [0.25, 0.3) is 22.2 Å². The van der Waals surface area contributed by atoms with Crippen LogP contribution in [0.5, 0.6) is 0 Å². The van der Waals surface area contributed by atoms with E-state index in [0.29, 0.717) is 0 Å². The largest absolute Gasteiger partial charge is 0.247 e. The van der Waals surface area contributed by atoms with E-state index in [9.17, 15) is 0 Å². The number of aromatic nitrogens is 1. The maximum atomic E-state index is 5.01. The molecule has 0 aliphatic carbocycles. The summed E-state index contributed by atoms with van der Waals surface area (Å²) in [7, 11) is 0. The molecule has 21 heavy (non-hydrogen) atoms. The lowest BCUT2D eigenvalue weighted by Gasteiger charge is -2.21. The Balaban J connectivity index is 2.32. The zero-order valence-electron chi connectivity index (χ0n) is 13.1. The lowest BCUT2D eigenvalue weighted by Crippen LogP contribution is -2.12. The van der Waals surface area contributed by atoms with Gasteiger partial charge < -0.3 is 0 Å². The molecule has 0 aliphatic heterocycles. The molecule has 0 bridgehead atoms. The van der Waals surface area contributed by atoms with Crippen LogP contribution >= 0.6 is 0 Å². The summed E-state index contributed by atoms with van der Waals surface area (Å²) < 4.78 is 0. The maximum Gasteiger partial charge on any atom is 0.0747 e. The van der Waals surface area contributed by atoms with Crippen LogP contribution in [0.4, 0.5) is 0 Å².